The Balaban J connectivity index is 2.76. The SMILES string of the molecule is CCOCC(O)c1ccccc1OC(C)C. The molecule has 3 heteroatoms. The van der Waals surface area contributed by atoms with E-state index in [1.807, 2.05) is 45.0 Å². The topological polar surface area (TPSA) is 38.7 Å². The van der Waals surface area contributed by atoms with E-state index in [4.69, 9.17) is 9.47 Å². The van der Waals surface area contributed by atoms with Crippen LogP contribution in [0.3, 0.4) is 0 Å². The molecule has 1 aromatic rings. The van der Waals surface area contributed by atoms with Crippen LogP contribution < -0.4 is 4.74 Å². The predicted molar refractivity (Wildman–Crippen MR) is 63.7 cm³/mol. The van der Waals surface area contributed by atoms with E-state index in [0.29, 0.717) is 13.2 Å². The average Bonchev–Trinajstić information content (AvgIpc) is 2.26. The quantitative estimate of drug-likeness (QED) is 0.807. The van der Waals surface area contributed by atoms with Gasteiger partial charge in [0.15, 0.2) is 0 Å². The van der Waals surface area contributed by atoms with Gasteiger partial charge < -0.3 is 14.6 Å². The van der Waals surface area contributed by atoms with E-state index in [2.05, 4.69) is 0 Å². The molecule has 1 aromatic carbocycles. The minimum absolute atomic E-state index is 0.0976. The zero-order chi connectivity index (χ0) is 12.0. The molecule has 0 amide bonds. The lowest BCUT2D eigenvalue weighted by Crippen LogP contribution is -2.12. The highest BCUT2D eigenvalue weighted by atomic mass is 16.5. The third-order valence-corrected chi connectivity index (χ3v) is 2.12. The Morgan fingerprint density at radius 2 is 1.94 bits per heavy atom. The van der Waals surface area contributed by atoms with Crippen molar-refractivity contribution in [1.82, 2.24) is 0 Å². The molecule has 0 aliphatic rings. The number of rotatable bonds is 6. The van der Waals surface area contributed by atoms with Crippen LogP contribution in [0.2, 0.25) is 0 Å². The molecule has 1 unspecified atom stereocenters. The lowest BCUT2D eigenvalue weighted by Gasteiger charge is -2.17. The van der Waals surface area contributed by atoms with Crippen LogP contribution in [-0.4, -0.2) is 24.4 Å². The van der Waals surface area contributed by atoms with Crippen LogP contribution in [0.15, 0.2) is 24.3 Å². The van der Waals surface area contributed by atoms with Gasteiger partial charge in [0, 0.05) is 12.2 Å². The average molecular weight is 224 g/mol. The highest BCUT2D eigenvalue weighted by Gasteiger charge is 2.13. The molecule has 0 aliphatic heterocycles. The van der Waals surface area contributed by atoms with Crippen LogP contribution in [0.5, 0.6) is 5.75 Å². The monoisotopic (exact) mass is 224 g/mol. The van der Waals surface area contributed by atoms with Gasteiger partial charge in [0.1, 0.15) is 11.9 Å². The fraction of sp³-hybridized carbons (Fsp3) is 0.538. The second kappa shape index (κ2) is 6.51. The Morgan fingerprint density at radius 1 is 1.25 bits per heavy atom. The second-order valence-corrected chi connectivity index (χ2v) is 3.88. The van der Waals surface area contributed by atoms with E-state index in [1.165, 1.54) is 0 Å². The van der Waals surface area contributed by atoms with Gasteiger partial charge in [-0.1, -0.05) is 18.2 Å². The molecule has 1 N–H and O–H groups in total. The van der Waals surface area contributed by atoms with E-state index < -0.39 is 6.10 Å². The molecule has 1 rings (SSSR count). The lowest BCUT2D eigenvalue weighted by molar-refractivity contribution is 0.0398. The van der Waals surface area contributed by atoms with Crippen LogP contribution in [0.25, 0.3) is 0 Å². The minimum Gasteiger partial charge on any atom is -0.491 e. The highest BCUT2D eigenvalue weighted by molar-refractivity contribution is 5.35. The fourth-order valence-electron chi connectivity index (χ4n) is 1.44. The first-order valence-corrected chi connectivity index (χ1v) is 5.66. The summed E-state index contributed by atoms with van der Waals surface area (Å²) in [6.07, 6.45) is -0.532. The van der Waals surface area contributed by atoms with E-state index in [1.54, 1.807) is 0 Å². The Kier molecular flexibility index (Phi) is 5.29. The van der Waals surface area contributed by atoms with Crippen LogP contribution in [0.4, 0.5) is 0 Å². The molecule has 0 aliphatic carbocycles. The highest BCUT2D eigenvalue weighted by Crippen LogP contribution is 2.26. The summed E-state index contributed by atoms with van der Waals surface area (Å²) in [6.45, 7) is 6.74. The molecule has 0 fully saturated rings. The molecule has 0 saturated heterocycles. The van der Waals surface area contributed by atoms with Gasteiger partial charge in [-0.15, -0.1) is 0 Å². The van der Waals surface area contributed by atoms with Gasteiger partial charge in [0.2, 0.25) is 0 Å². The zero-order valence-electron chi connectivity index (χ0n) is 10.1. The Labute approximate surface area is 97.0 Å². The van der Waals surface area contributed by atoms with Gasteiger partial charge in [0.05, 0.1) is 12.7 Å². The zero-order valence-corrected chi connectivity index (χ0v) is 10.1. The molecule has 3 nitrogen and oxygen atoms in total. The summed E-state index contributed by atoms with van der Waals surface area (Å²) < 4.78 is 10.8. The summed E-state index contributed by atoms with van der Waals surface area (Å²) in [7, 11) is 0. The normalized spacial score (nSPS) is 12.8. The number of hydrogen-bond acceptors (Lipinski definition) is 3. The summed E-state index contributed by atoms with van der Waals surface area (Å²) in [5.74, 6) is 0.727. The van der Waals surface area contributed by atoms with E-state index >= 15 is 0 Å². The van der Waals surface area contributed by atoms with Crippen LogP contribution in [0.1, 0.15) is 32.4 Å². The number of ether oxygens (including phenoxy) is 2. The maximum absolute atomic E-state index is 9.94. The first-order valence-electron chi connectivity index (χ1n) is 5.66. The standard InChI is InChI=1S/C13H20O3/c1-4-15-9-12(14)11-7-5-6-8-13(11)16-10(2)3/h5-8,10,12,14H,4,9H2,1-3H3. The molecule has 16 heavy (non-hydrogen) atoms. The number of benzene rings is 1. The van der Waals surface area contributed by atoms with Gasteiger partial charge in [0.25, 0.3) is 0 Å². The maximum Gasteiger partial charge on any atom is 0.125 e. The molecule has 90 valence electrons. The molecule has 0 bridgehead atoms. The maximum atomic E-state index is 9.94. The summed E-state index contributed by atoms with van der Waals surface area (Å²) in [6, 6.07) is 7.51. The first kappa shape index (κ1) is 13.0. The van der Waals surface area contributed by atoms with Crippen molar-refractivity contribution in [1.29, 1.82) is 0 Å². The van der Waals surface area contributed by atoms with Crippen LogP contribution in [0, 0.1) is 0 Å². The second-order valence-electron chi connectivity index (χ2n) is 3.88. The van der Waals surface area contributed by atoms with Crippen molar-refractivity contribution in [2.24, 2.45) is 0 Å². The number of aliphatic hydroxyl groups is 1. The Morgan fingerprint density at radius 3 is 2.56 bits per heavy atom. The third-order valence-electron chi connectivity index (χ3n) is 2.12. The fourth-order valence-corrected chi connectivity index (χ4v) is 1.44. The Hall–Kier alpha value is -1.06. The summed E-state index contributed by atoms with van der Waals surface area (Å²) in [4.78, 5) is 0. The molecule has 0 radical (unpaired) electrons. The van der Waals surface area contributed by atoms with Crippen molar-refractivity contribution in [2.75, 3.05) is 13.2 Å². The largest absolute Gasteiger partial charge is 0.491 e. The van der Waals surface area contributed by atoms with Crippen LogP contribution >= 0.6 is 0 Å². The van der Waals surface area contributed by atoms with E-state index in [0.717, 1.165) is 11.3 Å². The van der Waals surface area contributed by atoms with Crippen molar-refractivity contribution in [2.45, 2.75) is 33.0 Å². The first-order chi connectivity index (χ1) is 7.65. The minimum atomic E-state index is -0.630. The van der Waals surface area contributed by atoms with Gasteiger partial charge >= 0.3 is 0 Å². The molecular formula is C13H20O3. The van der Waals surface area contributed by atoms with Crippen molar-refractivity contribution in [3.05, 3.63) is 29.8 Å². The van der Waals surface area contributed by atoms with Gasteiger partial charge in [-0.3, -0.25) is 0 Å². The smallest absolute Gasteiger partial charge is 0.125 e. The molecule has 0 spiro atoms. The lowest BCUT2D eigenvalue weighted by atomic mass is 10.1. The Bertz CT molecular complexity index is 310. The summed E-state index contributed by atoms with van der Waals surface area (Å²) in [5.41, 5.74) is 0.782. The molecule has 0 saturated carbocycles. The van der Waals surface area contributed by atoms with Crippen molar-refractivity contribution in [3.8, 4) is 5.75 Å². The van der Waals surface area contributed by atoms with Crippen molar-refractivity contribution < 1.29 is 14.6 Å². The molecule has 0 aromatic heterocycles. The number of aliphatic hydroxyl groups excluding tert-OH is 1. The van der Waals surface area contributed by atoms with E-state index in [9.17, 15) is 5.11 Å². The molecule has 0 heterocycles. The van der Waals surface area contributed by atoms with Crippen molar-refractivity contribution >= 4 is 0 Å². The van der Waals surface area contributed by atoms with E-state index in [-0.39, 0.29) is 6.10 Å². The van der Waals surface area contributed by atoms with Gasteiger partial charge in [-0.25, -0.2) is 0 Å². The summed E-state index contributed by atoms with van der Waals surface area (Å²) >= 11 is 0. The molecule has 1 atom stereocenters. The number of hydrogen-bond donors (Lipinski definition) is 1. The summed E-state index contributed by atoms with van der Waals surface area (Å²) in [5, 5.41) is 9.94. The van der Waals surface area contributed by atoms with Gasteiger partial charge in [-0.2, -0.15) is 0 Å². The molecular weight excluding hydrogens is 204 g/mol. The van der Waals surface area contributed by atoms with Crippen LogP contribution in [-0.2, 0) is 4.74 Å². The van der Waals surface area contributed by atoms with Gasteiger partial charge in [-0.05, 0) is 26.8 Å². The number of para-hydroxylation sites is 1. The van der Waals surface area contributed by atoms with Crippen molar-refractivity contribution in [3.63, 3.8) is 0 Å². The third kappa shape index (κ3) is 3.83. The predicted octanol–water partition coefficient (Wildman–Crippen LogP) is 2.54.